The largest absolute Gasteiger partial charge is 0.394 e. The number of carbonyl (C=O) groups is 2. The molecule has 0 unspecified atom stereocenters. The van der Waals surface area contributed by atoms with E-state index >= 15 is 0 Å². The summed E-state index contributed by atoms with van der Waals surface area (Å²) >= 11 is 0. The molecule has 0 saturated carbocycles. The number of likely N-dealkylation sites (tertiary alicyclic amines) is 1. The van der Waals surface area contributed by atoms with Crippen LogP contribution in [0, 0.1) is 11.3 Å². The van der Waals surface area contributed by atoms with E-state index in [1.54, 1.807) is 22.9 Å². The third-order valence-corrected chi connectivity index (χ3v) is 5.71. The molecule has 0 bridgehead atoms. The first kappa shape index (κ1) is 20.6. The van der Waals surface area contributed by atoms with Gasteiger partial charge in [-0.25, -0.2) is 0 Å². The lowest BCUT2D eigenvalue weighted by Gasteiger charge is -2.55. The number of hydrogen-bond acceptors (Lipinski definition) is 4. The van der Waals surface area contributed by atoms with Crippen LogP contribution < -0.4 is 0 Å². The molecule has 1 aliphatic rings. The van der Waals surface area contributed by atoms with Gasteiger partial charge in [0.25, 0.3) is 0 Å². The summed E-state index contributed by atoms with van der Waals surface area (Å²) in [6.07, 6.45) is 0. The van der Waals surface area contributed by atoms with Crippen molar-refractivity contribution >= 4 is 11.8 Å². The third kappa shape index (κ3) is 4.01. The van der Waals surface area contributed by atoms with Gasteiger partial charge in [-0.2, -0.15) is 5.26 Å². The Balaban J connectivity index is 1.89. The van der Waals surface area contributed by atoms with Crippen molar-refractivity contribution in [2.75, 3.05) is 20.2 Å². The van der Waals surface area contributed by atoms with Gasteiger partial charge in [-0.1, -0.05) is 36.4 Å². The molecule has 29 heavy (non-hydrogen) atoms. The molecule has 2 aromatic carbocycles. The van der Waals surface area contributed by atoms with E-state index in [0.717, 1.165) is 16.7 Å². The number of hydrogen-bond donors (Lipinski definition) is 1. The third-order valence-electron chi connectivity index (χ3n) is 5.71. The van der Waals surface area contributed by atoms with Gasteiger partial charge in [0, 0.05) is 33.4 Å². The second-order valence-corrected chi connectivity index (χ2v) is 7.48. The number of rotatable bonds is 5. The highest BCUT2D eigenvalue weighted by Crippen LogP contribution is 2.41. The van der Waals surface area contributed by atoms with E-state index < -0.39 is 0 Å². The highest BCUT2D eigenvalue weighted by molar-refractivity contribution is 5.77. The van der Waals surface area contributed by atoms with Crippen molar-refractivity contribution in [2.24, 2.45) is 0 Å². The number of nitriles is 1. The molecule has 150 valence electrons. The normalized spacial score (nSPS) is 20.5. The molecule has 6 nitrogen and oxygen atoms in total. The van der Waals surface area contributed by atoms with Crippen molar-refractivity contribution in [3.63, 3.8) is 0 Å². The minimum absolute atomic E-state index is 0.0507. The van der Waals surface area contributed by atoms with Gasteiger partial charge in [-0.05, 0) is 28.8 Å². The summed E-state index contributed by atoms with van der Waals surface area (Å²) in [5, 5.41) is 19.0. The topological polar surface area (TPSA) is 84.6 Å². The maximum absolute atomic E-state index is 12.1. The Labute approximate surface area is 171 Å². The average Bonchev–Trinajstić information content (AvgIpc) is 2.70. The van der Waals surface area contributed by atoms with Crippen LogP contribution in [0.3, 0.4) is 0 Å². The van der Waals surface area contributed by atoms with E-state index in [0.29, 0.717) is 12.1 Å². The van der Waals surface area contributed by atoms with Crippen molar-refractivity contribution in [3.8, 4) is 17.2 Å². The van der Waals surface area contributed by atoms with Crippen LogP contribution >= 0.6 is 0 Å². The SMILES string of the molecule is CC(=O)N(C)C[C@H]1[C@@H](c2ccc(-c3cccc(C#N)c3)cc2)[C@@H](CO)N1C(C)=O. The van der Waals surface area contributed by atoms with Crippen molar-refractivity contribution < 1.29 is 14.7 Å². The van der Waals surface area contributed by atoms with Gasteiger partial charge in [0.05, 0.1) is 30.3 Å². The zero-order valence-electron chi connectivity index (χ0n) is 16.9. The molecule has 6 heteroatoms. The Kier molecular flexibility index (Phi) is 6.00. The zero-order chi connectivity index (χ0) is 21.1. The lowest BCUT2D eigenvalue weighted by atomic mass is 9.74. The number of nitrogens with zero attached hydrogens (tertiary/aromatic N) is 3. The van der Waals surface area contributed by atoms with Crippen molar-refractivity contribution in [3.05, 3.63) is 59.7 Å². The molecule has 0 spiro atoms. The molecule has 1 heterocycles. The molecule has 3 atom stereocenters. The summed E-state index contributed by atoms with van der Waals surface area (Å²) in [4.78, 5) is 27.1. The van der Waals surface area contributed by atoms with E-state index in [-0.39, 0.29) is 36.4 Å². The Morgan fingerprint density at radius 2 is 1.79 bits per heavy atom. The van der Waals surface area contributed by atoms with Gasteiger partial charge in [-0.15, -0.1) is 0 Å². The monoisotopic (exact) mass is 391 g/mol. The van der Waals surface area contributed by atoms with Crippen molar-refractivity contribution in [1.29, 1.82) is 5.26 Å². The number of carbonyl (C=O) groups excluding carboxylic acids is 2. The van der Waals surface area contributed by atoms with E-state index in [1.165, 1.54) is 13.8 Å². The Morgan fingerprint density at radius 3 is 2.34 bits per heavy atom. The predicted molar refractivity (Wildman–Crippen MR) is 110 cm³/mol. The van der Waals surface area contributed by atoms with Crippen LogP contribution in [0.5, 0.6) is 0 Å². The molecule has 1 fully saturated rings. The van der Waals surface area contributed by atoms with Crippen LogP contribution in [-0.2, 0) is 9.59 Å². The molecular weight excluding hydrogens is 366 g/mol. The zero-order valence-corrected chi connectivity index (χ0v) is 16.9. The number of aliphatic hydroxyl groups excluding tert-OH is 1. The van der Waals surface area contributed by atoms with E-state index in [1.807, 2.05) is 42.5 Å². The van der Waals surface area contributed by atoms with Crippen molar-refractivity contribution in [2.45, 2.75) is 31.8 Å². The molecule has 2 aromatic rings. The fraction of sp³-hybridized carbons (Fsp3) is 0.348. The Morgan fingerprint density at radius 1 is 1.10 bits per heavy atom. The molecule has 1 N–H and O–H groups in total. The summed E-state index contributed by atoms with van der Waals surface area (Å²) in [6.45, 7) is 3.28. The second kappa shape index (κ2) is 8.46. The van der Waals surface area contributed by atoms with Crippen LogP contribution in [0.4, 0.5) is 0 Å². The molecule has 3 rings (SSSR count). The lowest BCUT2D eigenvalue weighted by molar-refractivity contribution is -0.151. The standard InChI is InChI=1S/C23H25N3O3/c1-15(28)25(3)13-21-23(22(14-27)26(21)16(2)29)19-9-7-18(8-10-19)20-6-4-5-17(11-20)12-24/h4-11,21-23,27H,13-14H2,1-3H3/t21-,22+,23+/m0/s1. The molecule has 1 saturated heterocycles. The predicted octanol–water partition coefficient (Wildman–Crippen LogP) is 2.38. The maximum Gasteiger partial charge on any atom is 0.220 e. The number of benzene rings is 2. The van der Waals surface area contributed by atoms with Crippen LogP contribution in [0.2, 0.25) is 0 Å². The van der Waals surface area contributed by atoms with Crippen molar-refractivity contribution in [1.82, 2.24) is 9.80 Å². The quantitative estimate of drug-likeness (QED) is 0.848. The van der Waals surface area contributed by atoms with E-state index in [4.69, 9.17) is 5.26 Å². The lowest BCUT2D eigenvalue weighted by Crippen LogP contribution is -2.68. The molecule has 2 amide bonds. The summed E-state index contributed by atoms with van der Waals surface area (Å²) in [6, 6.07) is 17.1. The fourth-order valence-electron chi connectivity index (χ4n) is 4.14. The maximum atomic E-state index is 12.1. The average molecular weight is 391 g/mol. The van der Waals surface area contributed by atoms with Gasteiger partial charge < -0.3 is 14.9 Å². The van der Waals surface area contributed by atoms with Gasteiger partial charge in [0.2, 0.25) is 11.8 Å². The molecule has 0 aliphatic carbocycles. The summed E-state index contributed by atoms with van der Waals surface area (Å²) in [5.41, 5.74) is 3.58. The first-order chi connectivity index (χ1) is 13.9. The van der Waals surface area contributed by atoms with Gasteiger partial charge in [0.15, 0.2) is 0 Å². The van der Waals surface area contributed by atoms with Crippen LogP contribution in [0.15, 0.2) is 48.5 Å². The van der Waals surface area contributed by atoms with Gasteiger partial charge >= 0.3 is 0 Å². The van der Waals surface area contributed by atoms with Gasteiger partial charge in [0.1, 0.15) is 0 Å². The highest BCUT2D eigenvalue weighted by Gasteiger charge is 2.50. The molecule has 1 aliphatic heterocycles. The molecule has 0 aromatic heterocycles. The van der Waals surface area contributed by atoms with Crippen LogP contribution in [0.1, 0.15) is 30.9 Å². The second-order valence-electron chi connectivity index (χ2n) is 7.48. The first-order valence-electron chi connectivity index (χ1n) is 9.59. The minimum atomic E-state index is -0.300. The highest BCUT2D eigenvalue weighted by atomic mass is 16.3. The van der Waals surface area contributed by atoms with Crippen LogP contribution in [-0.4, -0.2) is 59.0 Å². The summed E-state index contributed by atoms with van der Waals surface area (Å²) < 4.78 is 0. The first-order valence-corrected chi connectivity index (χ1v) is 9.59. The summed E-state index contributed by atoms with van der Waals surface area (Å²) in [7, 11) is 1.72. The number of likely N-dealkylation sites (N-methyl/N-ethyl adjacent to an activating group) is 1. The fourth-order valence-corrected chi connectivity index (χ4v) is 4.14. The number of amides is 2. The Hall–Kier alpha value is -3.17. The number of aliphatic hydroxyl groups is 1. The van der Waals surface area contributed by atoms with E-state index in [9.17, 15) is 14.7 Å². The Bertz CT molecular complexity index is 949. The smallest absolute Gasteiger partial charge is 0.220 e. The minimum Gasteiger partial charge on any atom is -0.394 e. The van der Waals surface area contributed by atoms with E-state index in [2.05, 4.69) is 6.07 Å². The van der Waals surface area contributed by atoms with Crippen LogP contribution in [0.25, 0.3) is 11.1 Å². The molecule has 0 radical (unpaired) electrons. The van der Waals surface area contributed by atoms with Gasteiger partial charge in [-0.3, -0.25) is 9.59 Å². The summed E-state index contributed by atoms with van der Waals surface area (Å²) in [5.74, 6) is -0.218. The molecular formula is C23H25N3O3.